The van der Waals surface area contributed by atoms with E-state index in [1.54, 1.807) is 16.2 Å². The van der Waals surface area contributed by atoms with Crippen molar-refractivity contribution < 1.29 is 14.3 Å². The van der Waals surface area contributed by atoms with Gasteiger partial charge in [0, 0.05) is 36.9 Å². The maximum Gasteiger partial charge on any atom is 0.409 e. The SMILES string of the molecule is O=C(CCc1cccs1)[C@@H]1CN(C(=O)OCC2c3ccccc3-c3ccccc32)CCN1. The van der Waals surface area contributed by atoms with Gasteiger partial charge < -0.3 is 15.0 Å². The first-order valence-corrected chi connectivity index (χ1v) is 12.0. The molecule has 1 amide bonds. The summed E-state index contributed by atoms with van der Waals surface area (Å²) < 4.78 is 5.78. The number of amides is 1. The lowest BCUT2D eigenvalue weighted by Gasteiger charge is -2.32. The summed E-state index contributed by atoms with van der Waals surface area (Å²) in [7, 11) is 0. The van der Waals surface area contributed by atoms with Gasteiger partial charge in [0.25, 0.3) is 0 Å². The first kappa shape index (κ1) is 20.9. The number of rotatable bonds is 6. The van der Waals surface area contributed by atoms with E-state index in [0.717, 1.165) is 6.42 Å². The smallest absolute Gasteiger partial charge is 0.409 e. The van der Waals surface area contributed by atoms with Crippen LogP contribution in [0, 0.1) is 0 Å². The molecule has 1 aliphatic heterocycles. The van der Waals surface area contributed by atoms with Crippen molar-refractivity contribution in [3.63, 3.8) is 0 Å². The van der Waals surface area contributed by atoms with Crippen molar-refractivity contribution >= 4 is 23.2 Å². The van der Waals surface area contributed by atoms with Crippen LogP contribution < -0.4 is 5.32 Å². The van der Waals surface area contributed by atoms with Crippen LogP contribution in [0.5, 0.6) is 0 Å². The van der Waals surface area contributed by atoms with Crippen LogP contribution in [0.25, 0.3) is 11.1 Å². The summed E-state index contributed by atoms with van der Waals surface area (Å²) in [6.45, 7) is 1.80. The fourth-order valence-electron chi connectivity index (χ4n) is 4.69. The number of fused-ring (bicyclic) bond motifs is 3. The van der Waals surface area contributed by atoms with Crippen LogP contribution >= 0.6 is 11.3 Å². The third-order valence-corrected chi connectivity index (χ3v) is 7.29. The number of Topliss-reactive ketones (excluding diaryl/α,β-unsaturated/α-hetero) is 1. The molecule has 0 radical (unpaired) electrons. The van der Waals surface area contributed by atoms with Crippen LogP contribution in [0.2, 0.25) is 0 Å². The highest BCUT2D eigenvalue weighted by Crippen LogP contribution is 2.44. The van der Waals surface area contributed by atoms with Crippen LogP contribution in [0.4, 0.5) is 4.79 Å². The van der Waals surface area contributed by atoms with E-state index in [2.05, 4.69) is 35.6 Å². The molecule has 1 N–H and O–H groups in total. The van der Waals surface area contributed by atoms with Crippen molar-refractivity contribution in [1.29, 1.82) is 0 Å². The molecule has 3 aromatic rings. The first-order valence-electron chi connectivity index (χ1n) is 11.1. The fourth-order valence-corrected chi connectivity index (χ4v) is 5.40. The highest BCUT2D eigenvalue weighted by molar-refractivity contribution is 7.09. The van der Waals surface area contributed by atoms with E-state index in [0.29, 0.717) is 32.7 Å². The molecule has 5 nitrogen and oxygen atoms in total. The van der Waals surface area contributed by atoms with Crippen molar-refractivity contribution in [2.45, 2.75) is 24.8 Å². The van der Waals surface area contributed by atoms with Gasteiger partial charge >= 0.3 is 6.09 Å². The molecular formula is C26H26N2O3S. The molecule has 32 heavy (non-hydrogen) atoms. The second-order valence-electron chi connectivity index (χ2n) is 8.30. The minimum Gasteiger partial charge on any atom is -0.448 e. The maximum absolute atomic E-state index is 12.9. The zero-order chi connectivity index (χ0) is 21.9. The summed E-state index contributed by atoms with van der Waals surface area (Å²) in [5.41, 5.74) is 4.82. The van der Waals surface area contributed by atoms with Gasteiger partial charge in [0.2, 0.25) is 0 Å². The molecule has 0 saturated carbocycles. The van der Waals surface area contributed by atoms with Gasteiger partial charge in [-0.05, 0) is 40.1 Å². The predicted molar refractivity (Wildman–Crippen MR) is 126 cm³/mol. The summed E-state index contributed by atoms with van der Waals surface area (Å²) in [5.74, 6) is 0.187. The standard InChI is InChI=1S/C26H26N2O3S/c29-25(12-11-18-6-5-15-32-18)24-16-28(14-13-27-24)26(30)31-17-23-21-9-3-1-7-19(21)20-8-2-4-10-22(20)23/h1-10,15,23-24,27H,11-14,16-17H2/t24-/m0/s1. The van der Waals surface area contributed by atoms with Crippen molar-refractivity contribution in [3.05, 3.63) is 82.0 Å². The molecule has 0 bridgehead atoms. The Morgan fingerprint density at radius 1 is 1.00 bits per heavy atom. The number of ether oxygens (including phenoxy) is 1. The van der Waals surface area contributed by atoms with E-state index in [-0.39, 0.29) is 23.8 Å². The van der Waals surface area contributed by atoms with Crippen LogP contribution in [0.15, 0.2) is 66.0 Å². The molecule has 1 fully saturated rings. The topological polar surface area (TPSA) is 58.6 Å². The lowest BCUT2D eigenvalue weighted by atomic mass is 9.98. The number of hydrogen-bond donors (Lipinski definition) is 1. The summed E-state index contributed by atoms with van der Waals surface area (Å²) >= 11 is 1.67. The van der Waals surface area contributed by atoms with Crippen molar-refractivity contribution in [1.82, 2.24) is 10.2 Å². The summed E-state index contributed by atoms with van der Waals surface area (Å²) in [4.78, 5) is 28.4. The molecule has 2 aliphatic rings. The Kier molecular flexibility index (Phi) is 6.06. The summed E-state index contributed by atoms with van der Waals surface area (Å²) in [6, 6.07) is 20.3. The molecule has 1 aliphatic carbocycles. The van der Waals surface area contributed by atoms with E-state index in [9.17, 15) is 9.59 Å². The number of carbonyl (C=O) groups is 2. The van der Waals surface area contributed by atoms with Crippen LogP contribution in [0.1, 0.15) is 28.3 Å². The molecular weight excluding hydrogens is 420 g/mol. The van der Waals surface area contributed by atoms with Gasteiger partial charge in [-0.25, -0.2) is 4.79 Å². The molecule has 1 aromatic heterocycles. The number of ketones is 1. The number of thiophene rings is 1. The lowest BCUT2D eigenvalue weighted by Crippen LogP contribution is -2.55. The maximum atomic E-state index is 12.9. The zero-order valence-electron chi connectivity index (χ0n) is 17.8. The van der Waals surface area contributed by atoms with Gasteiger partial charge in [-0.2, -0.15) is 0 Å². The average Bonchev–Trinajstić information content (AvgIpc) is 3.47. The molecule has 1 atom stereocenters. The minimum atomic E-state index is -0.343. The first-order chi connectivity index (χ1) is 15.7. The predicted octanol–water partition coefficient (Wildman–Crippen LogP) is 4.47. The van der Waals surface area contributed by atoms with E-state index in [1.807, 2.05) is 35.7 Å². The molecule has 2 heterocycles. The minimum absolute atomic E-state index is 0.0393. The highest BCUT2D eigenvalue weighted by atomic mass is 32.1. The molecule has 6 heteroatoms. The van der Waals surface area contributed by atoms with Gasteiger partial charge in [0.05, 0.1) is 6.04 Å². The Bertz CT molecular complexity index is 1070. The van der Waals surface area contributed by atoms with Crippen molar-refractivity contribution in [2.24, 2.45) is 0 Å². The van der Waals surface area contributed by atoms with Gasteiger partial charge in [0.1, 0.15) is 6.61 Å². The number of benzene rings is 2. The van der Waals surface area contributed by atoms with E-state index >= 15 is 0 Å². The Hall–Kier alpha value is -2.96. The third-order valence-electron chi connectivity index (χ3n) is 6.36. The second kappa shape index (κ2) is 9.27. The number of piperazine rings is 1. The number of aryl methyl sites for hydroxylation is 1. The summed E-state index contributed by atoms with van der Waals surface area (Å²) in [5, 5.41) is 5.29. The largest absolute Gasteiger partial charge is 0.448 e. The van der Waals surface area contributed by atoms with E-state index in [1.165, 1.54) is 27.1 Å². The van der Waals surface area contributed by atoms with Gasteiger partial charge in [-0.1, -0.05) is 54.6 Å². The van der Waals surface area contributed by atoms with E-state index < -0.39 is 0 Å². The molecule has 164 valence electrons. The zero-order valence-corrected chi connectivity index (χ0v) is 18.6. The highest BCUT2D eigenvalue weighted by Gasteiger charge is 2.32. The van der Waals surface area contributed by atoms with Crippen molar-refractivity contribution in [2.75, 3.05) is 26.2 Å². The van der Waals surface area contributed by atoms with Crippen molar-refractivity contribution in [3.8, 4) is 11.1 Å². The normalized spacial score (nSPS) is 17.6. The number of hydrogen-bond acceptors (Lipinski definition) is 5. The van der Waals surface area contributed by atoms with Crippen LogP contribution in [-0.4, -0.2) is 49.1 Å². The van der Waals surface area contributed by atoms with Crippen LogP contribution in [0.3, 0.4) is 0 Å². The second-order valence-corrected chi connectivity index (χ2v) is 9.33. The number of nitrogens with zero attached hydrogens (tertiary/aromatic N) is 1. The Labute approximate surface area is 192 Å². The fraction of sp³-hybridized carbons (Fsp3) is 0.308. The van der Waals surface area contributed by atoms with Gasteiger partial charge in [-0.15, -0.1) is 11.3 Å². The van der Waals surface area contributed by atoms with Gasteiger partial charge in [-0.3, -0.25) is 4.79 Å². The Balaban J connectivity index is 1.20. The van der Waals surface area contributed by atoms with E-state index in [4.69, 9.17) is 4.74 Å². The number of nitrogens with one attached hydrogen (secondary N) is 1. The lowest BCUT2D eigenvalue weighted by molar-refractivity contribution is -0.121. The molecule has 5 rings (SSSR count). The molecule has 2 aromatic carbocycles. The third kappa shape index (κ3) is 4.20. The quantitative estimate of drug-likeness (QED) is 0.607. The van der Waals surface area contributed by atoms with Gasteiger partial charge in [0.15, 0.2) is 5.78 Å². The van der Waals surface area contributed by atoms with Crippen LogP contribution in [-0.2, 0) is 16.0 Å². The summed E-state index contributed by atoms with van der Waals surface area (Å²) in [6.07, 6.45) is 0.889. The Morgan fingerprint density at radius 3 is 2.41 bits per heavy atom. The molecule has 0 unspecified atom stereocenters. The Morgan fingerprint density at radius 2 is 1.72 bits per heavy atom. The molecule has 1 saturated heterocycles. The monoisotopic (exact) mass is 446 g/mol. The number of carbonyl (C=O) groups excluding carboxylic acids is 2. The average molecular weight is 447 g/mol. The molecule has 0 spiro atoms.